The molecule has 8 heteroatoms. The fourth-order valence-electron chi connectivity index (χ4n) is 3.12. The van der Waals surface area contributed by atoms with E-state index >= 15 is 0 Å². The van der Waals surface area contributed by atoms with Crippen molar-refractivity contribution in [1.82, 2.24) is 0 Å². The molecule has 3 aromatic carbocycles. The van der Waals surface area contributed by atoms with Gasteiger partial charge >= 0.3 is 5.97 Å². The van der Waals surface area contributed by atoms with Gasteiger partial charge in [0, 0.05) is 18.1 Å². The Morgan fingerprint density at radius 1 is 0.912 bits per heavy atom. The molecule has 3 aromatic rings. The molecular formula is C26H26FNO6. The summed E-state index contributed by atoms with van der Waals surface area (Å²) in [6, 6.07) is 19.2. The summed E-state index contributed by atoms with van der Waals surface area (Å²) in [7, 11) is 3.09. The van der Waals surface area contributed by atoms with E-state index in [0.717, 1.165) is 16.9 Å². The third kappa shape index (κ3) is 7.23. The first kappa shape index (κ1) is 24.6. The summed E-state index contributed by atoms with van der Waals surface area (Å²) in [6.45, 7) is 0.458. The van der Waals surface area contributed by atoms with Crippen LogP contribution in [0.3, 0.4) is 0 Å². The van der Waals surface area contributed by atoms with Crippen LogP contribution in [-0.2, 0) is 22.7 Å². The van der Waals surface area contributed by atoms with Crippen LogP contribution in [0.15, 0.2) is 71.9 Å². The maximum absolute atomic E-state index is 14.1. The van der Waals surface area contributed by atoms with Crippen LogP contribution in [0.2, 0.25) is 0 Å². The zero-order valence-electron chi connectivity index (χ0n) is 19.0. The minimum absolute atomic E-state index is 0.121. The van der Waals surface area contributed by atoms with Gasteiger partial charge in [-0.25, -0.2) is 4.39 Å². The minimum atomic E-state index is -0.963. The summed E-state index contributed by atoms with van der Waals surface area (Å²) in [5.74, 6) is 0.325. The highest BCUT2D eigenvalue weighted by molar-refractivity contribution is 6.01. The van der Waals surface area contributed by atoms with Crippen LogP contribution in [0.5, 0.6) is 17.2 Å². The lowest BCUT2D eigenvalue weighted by atomic mass is 10.1. The number of rotatable bonds is 12. The normalized spacial score (nSPS) is 11.1. The van der Waals surface area contributed by atoms with Crippen LogP contribution >= 0.6 is 0 Å². The number of nitrogens with zero attached hydrogens (tertiary/aromatic N) is 1. The molecule has 0 radical (unpaired) electrons. The molecule has 0 atom stereocenters. The van der Waals surface area contributed by atoms with Gasteiger partial charge < -0.3 is 24.2 Å². The van der Waals surface area contributed by atoms with E-state index in [0.29, 0.717) is 22.8 Å². The smallest absolute Gasteiger partial charge is 0.303 e. The van der Waals surface area contributed by atoms with E-state index < -0.39 is 11.8 Å². The molecule has 0 bridgehead atoms. The lowest BCUT2D eigenvalue weighted by molar-refractivity contribution is -0.136. The second-order valence-electron chi connectivity index (χ2n) is 7.32. The molecule has 0 aliphatic carbocycles. The Kier molecular flexibility index (Phi) is 8.85. The topological polar surface area (TPSA) is 86.6 Å². The second-order valence-corrected chi connectivity index (χ2v) is 7.32. The average molecular weight is 467 g/mol. The summed E-state index contributed by atoms with van der Waals surface area (Å²) in [4.78, 5) is 15.6. The number of hydrogen-bond acceptors (Lipinski definition) is 6. The van der Waals surface area contributed by atoms with E-state index in [1.807, 2.05) is 48.5 Å². The van der Waals surface area contributed by atoms with Gasteiger partial charge in [-0.15, -0.1) is 0 Å². The first-order chi connectivity index (χ1) is 16.5. The quantitative estimate of drug-likeness (QED) is 0.302. The van der Waals surface area contributed by atoms with Crippen LogP contribution in [0.1, 0.15) is 23.1 Å². The third-order valence-corrected chi connectivity index (χ3v) is 4.96. The number of benzene rings is 3. The molecule has 3 rings (SSSR count). The molecule has 0 aliphatic rings. The molecule has 0 fully saturated rings. The van der Waals surface area contributed by atoms with Crippen LogP contribution in [-0.4, -0.2) is 37.6 Å². The molecule has 34 heavy (non-hydrogen) atoms. The molecule has 0 saturated carbocycles. The molecule has 0 spiro atoms. The van der Waals surface area contributed by atoms with Crippen molar-refractivity contribution in [2.75, 3.05) is 20.8 Å². The molecule has 0 saturated heterocycles. The summed E-state index contributed by atoms with van der Waals surface area (Å²) in [5, 5.41) is 12.8. The van der Waals surface area contributed by atoms with Crippen molar-refractivity contribution < 1.29 is 33.3 Å². The Morgan fingerprint density at radius 2 is 1.59 bits per heavy atom. The van der Waals surface area contributed by atoms with Crippen molar-refractivity contribution >= 4 is 11.7 Å². The number of halogens is 1. The first-order valence-corrected chi connectivity index (χ1v) is 10.6. The Bertz CT molecular complexity index is 1110. The summed E-state index contributed by atoms with van der Waals surface area (Å²) < 4.78 is 30.8. The average Bonchev–Trinajstić information content (AvgIpc) is 2.85. The van der Waals surface area contributed by atoms with Gasteiger partial charge in [-0.2, -0.15) is 0 Å². The fourth-order valence-corrected chi connectivity index (χ4v) is 3.12. The number of aryl methyl sites for hydroxylation is 1. The fraction of sp³-hybridized carbons (Fsp3) is 0.231. The molecule has 0 amide bonds. The Labute approximate surface area is 197 Å². The number of methoxy groups -OCH3 is 1. The van der Waals surface area contributed by atoms with Crippen LogP contribution in [0, 0.1) is 5.82 Å². The highest BCUT2D eigenvalue weighted by Gasteiger charge is 2.09. The standard InChI is InChI=1S/C26H26FNO6/c1-31-21-11-6-20(7-12-21)25(28-32-2)17-34-22-9-3-18(4-10-22)16-33-23-13-5-19(24(27)15-23)8-14-26(29)30/h3-7,9-13,15H,8,14,16-17H2,1-2H3,(H,29,30)/b28-25-. The van der Waals surface area contributed by atoms with Gasteiger partial charge in [0.05, 0.1) is 7.11 Å². The van der Waals surface area contributed by atoms with Crippen molar-refractivity contribution in [3.63, 3.8) is 0 Å². The van der Waals surface area contributed by atoms with E-state index in [1.165, 1.54) is 13.2 Å². The van der Waals surface area contributed by atoms with Crippen LogP contribution < -0.4 is 14.2 Å². The van der Waals surface area contributed by atoms with Gasteiger partial charge in [0.1, 0.15) is 49.1 Å². The number of ether oxygens (including phenoxy) is 3. The Morgan fingerprint density at radius 3 is 2.21 bits per heavy atom. The van der Waals surface area contributed by atoms with E-state index in [1.54, 1.807) is 19.2 Å². The number of oxime groups is 1. The number of aliphatic carboxylic acids is 1. The molecule has 7 nitrogen and oxygen atoms in total. The number of carbonyl (C=O) groups is 1. The minimum Gasteiger partial charge on any atom is -0.497 e. The zero-order valence-corrected chi connectivity index (χ0v) is 19.0. The van der Waals surface area contributed by atoms with E-state index in [4.69, 9.17) is 24.2 Å². The monoisotopic (exact) mass is 467 g/mol. The van der Waals surface area contributed by atoms with Gasteiger partial charge in [0.25, 0.3) is 0 Å². The molecule has 0 aliphatic heterocycles. The van der Waals surface area contributed by atoms with Crippen LogP contribution in [0.4, 0.5) is 4.39 Å². The van der Waals surface area contributed by atoms with Crippen molar-refractivity contribution in [1.29, 1.82) is 0 Å². The zero-order chi connectivity index (χ0) is 24.3. The van der Waals surface area contributed by atoms with Crippen molar-refractivity contribution in [3.05, 3.63) is 89.2 Å². The maximum Gasteiger partial charge on any atom is 0.303 e. The van der Waals surface area contributed by atoms with E-state index in [2.05, 4.69) is 5.16 Å². The third-order valence-electron chi connectivity index (χ3n) is 4.96. The Hall–Kier alpha value is -4.07. The second kappa shape index (κ2) is 12.2. The van der Waals surface area contributed by atoms with Crippen molar-refractivity contribution in [3.8, 4) is 17.2 Å². The van der Waals surface area contributed by atoms with E-state index in [-0.39, 0.29) is 26.1 Å². The molecule has 0 heterocycles. The molecule has 0 unspecified atom stereocenters. The first-order valence-electron chi connectivity index (χ1n) is 10.6. The largest absolute Gasteiger partial charge is 0.497 e. The van der Waals surface area contributed by atoms with Gasteiger partial charge in [-0.1, -0.05) is 23.4 Å². The SMILES string of the molecule is CO/N=C(/COc1ccc(COc2ccc(CCC(=O)O)c(F)c2)cc1)c1ccc(OC)cc1. The van der Waals surface area contributed by atoms with Crippen LogP contribution in [0.25, 0.3) is 0 Å². The van der Waals surface area contributed by atoms with Gasteiger partial charge in [0.15, 0.2) is 0 Å². The number of carboxylic acid groups (broad SMARTS) is 1. The van der Waals surface area contributed by atoms with Gasteiger partial charge in [-0.3, -0.25) is 4.79 Å². The predicted molar refractivity (Wildman–Crippen MR) is 125 cm³/mol. The highest BCUT2D eigenvalue weighted by Crippen LogP contribution is 2.20. The summed E-state index contributed by atoms with van der Waals surface area (Å²) in [5.41, 5.74) is 2.71. The van der Waals surface area contributed by atoms with Crippen molar-refractivity contribution in [2.45, 2.75) is 19.4 Å². The summed E-state index contributed by atoms with van der Waals surface area (Å²) >= 11 is 0. The molecule has 1 N–H and O–H groups in total. The summed E-state index contributed by atoms with van der Waals surface area (Å²) in [6.07, 6.45) is 0.0165. The maximum atomic E-state index is 14.1. The number of hydrogen-bond donors (Lipinski definition) is 1. The van der Waals surface area contributed by atoms with Gasteiger partial charge in [-0.05, 0) is 60.0 Å². The lowest BCUT2D eigenvalue weighted by Gasteiger charge is -2.11. The van der Waals surface area contributed by atoms with E-state index in [9.17, 15) is 9.18 Å². The Balaban J connectivity index is 1.53. The van der Waals surface area contributed by atoms with Gasteiger partial charge in [0.2, 0.25) is 0 Å². The molecule has 178 valence electrons. The predicted octanol–water partition coefficient (Wildman–Crippen LogP) is 4.86. The van der Waals surface area contributed by atoms with Crippen molar-refractivity contribution in [2.24, 2.45) is 5.16 Å². The number of carboxylic acids is 1. The molecule has 0 aromatic heterocycles. The lowest BCUT2D eigenvalue weighted by Crippen LogP contribution is -2.13. The highest BCUT2D eigenvalue weighted by atomic mass is 19.1. The molecular weight excluding hydrogens is 441 g/mol.